The van der Waals surface area contributed by atoms with Crippen molar-refractivity contribution in [1.29, 1.82) is 0 Å². The van der Waals surface area contributed by atoms with Crippen molar-refractivity contribution in [3.63, 3.8) is 0 Å². The van der Waals surface area contributed by atoms with Gasteiger partial charge in [0.1, 0.15) is 10.7 Å². The van der Waals surface area contributed by atoms with Gasteiger partial charge in [0.15, 0.2) is 0 Å². The molecule has 2 N–H and O–H groups in total. The van der Waals surface area contributed by atoms with Crippen LogP contribution >= 0.6 is 34.5 Å². The minimum absolute atomic E-state index is 0.128. The van der Waals surface area contributed by atoms with E-state index >= 15 is 0 Å². The molecule has 122 valence electrons. The van der Waals surface area contributed by atoms with Crippen LogP contribution in [0.25, 0.3) is 10.6 Å². The van der Waals surface area contributed by atoms with Gasteiger partial charge in [-0.3, -0.25) is 4.79 Å². The van der Waals surface area contributed by atoms with Crippen LogP contribution in [0.2, 0.25) is 10.0 Å². The smallest absolute Gasteiger partial charge is 0.271 e. The average Bonchev–Trinajstić information content (AvgIpc) is 2.99. The Labute approximate surface area is 149 Å². The van der Waals surface area contributed by atoms with Crippen molar-refractivity contribution in [1.82, 2.24) is 15.6 Å². The zero-order valence-electron chi connectivity index (χ0n) is 12.6. The summed E-state index contributed by atoms with van der Waals surface area (Å²) in [5.74, 6) is 0.285. The minimum atomic E-state index is -0.128. The van der Waals surface area contributed by atoms with Crippen LogP contribution in [0.4, 0.5) is 0 Å². The number of piperidine rings is 1. The summed E-state index contributed by atoms with van der Waals surface area (Å²) in [6, 6.07) is 5.45. The molecule has 1 amide bonds. The molecule has 0 radical (unpaired) electrons. The summed E-state index contributed by atoms with van der Waals surface area (Å²) < 4.78 is 0. The van der Waals surface area contributed by atoms with E-state index in [9.17, 15) is 4.79 Å². The Kier molecular flexibility index (Phi) is 5.21. The summed E-state index contributed by atoms with van der Waals surface area (Å²) in [7, 11) is 0. The molecule has 0 saturated carbocycles. The van der Waals surface area contributed by atoms with E-state index in [1.165, 1.54) is 11.3 Å². The van der Waals surface area contributed by atoms with Crippen molar-refractivity contribution in [2.75, 3.05) is 13.1 Å². The first kappa shape index (κ1) is 16.7. The van der Waals surface area contributed by atoms with Crippen molar-refractivity contribution in [3.8, 4) is 10.6 Å². The lowest BCUT2D eigenvalue weighted by atomic mass is 9.95. The molecule has 7 heteroatoms. The molecule has 0 bridgehead atoms. The standard InChI is InChI=1S/C16H17Cl2N3OS/c1-9-7-19-5-4-13(9)20-15(22)14-8-23-16(21-14)11-3-2-10(17)6-12(11)18/h2-3,6,8-9,13,19H,4-5,7H2,1H3,(H,20,22). The van der Waals surface area contributed by atoms with E-state index in [0.717, 1.165) is 30.1 Å². The molecule has 1 fully saturated rings. The van der Waals surface area contributed by atoms with Crippen LogP contribution in [-0.2, 0) is 0 Å². The largest absolute Gasteiger partial charge is 0.348 e. The lowest BCUT2D eigenvalue weighted by Gasteiger charge is -2.29. The van der Waals surface area contributed by atoms with Gasteiger partial charge >= 0.3 is 0 Å². The van der Waals surface area contributed by atoms with E-state index in [2.05, 4.69) is 22.5 Å². The predicted octanol–water partition coefficient (Wildman–Crippen LogP) is 3.84. The van der Waals surface area contributed by atoms with Crippen molar-refractivity contribution in [3.05, 3.63) is 39.3 Å². The van der Waals surface area contributed by atoms with Crippen LogP contribution in [0, 0.1) is 5.92 Å². The van der Waals surface area contributed by atoms with Gasteiger partial charge in [0.05, 0.1) is 5.02 Å². The number of aromatic nitrogens is 1. The molecular formula is C16H17Cl2N3OS. The number of nitrogens with one attached hydrogen (secondary N) is 2. The number of rotatable bonds is 3. The highest BCUT2D eigenvalue weighted by Crippen LogP contribution is 2.32. The topological polar surface area (TPSA) is 54.0 Å². The minimum Gasteiger partial charge on any atom is -0.348 e. The first-order valence-corrected chi connectivity index (χ1v) is 9.10. The lowest BCUT2D eigenvalue weighted by Crippen LogP contribution is -2.48. The van der Waals surface area contributed by atoms with Crippen LogP contribution in [-0.4, -0.2) is 30.0 Å². The van der Waals surface area contributed by atoms with Crippen LogP contribution in [0.1, 0.15) is 23.8 Å². The summed E-state index contributed by atoms with van der Waals surface area (Å²) >= 11 is 13.5. The molecular weight excluding hydrogens is 353 g/mol. The van der Waals surface area contributed by atoms with Gasteiger partial charge in [-0.25, -0.2) is 4.98 Å². The maximum atomic E-state index is 12.4. The van der Waals surface area contributed by atoms with Crippen molar-refractivity contribution < 1.29 is 4.79 Å². The summed E-state index contributed by atoms with van der Waals surface area (Å²) in [5.41, 5.74) is 1.22. The summed E-state index contributed by atoms with van der Waals surface area (Å²) in [6.07, 6.45) is 0.937. The number of carbonyl (C=O) groups is 1. The second kappa shape index (κ2) is 7.18. The lowest BCUT2D eigenvalue weighted by molar-refractivity contribution is 0.0910. The highest BCUT2D eigenvalue weighted by Gasteiger charge is 2.24. The first-order chi connectivity index (χ1) is 11.0. The molecule has 0 spiro atoms. The third kappa shape index (κ3) is 3.86. The summed E-state index contributed by atoms with van der Waals surface area (Å²) in [5, 5.41) is 10.0. The fourth-order valence-corrected chi connectivity index (χ4v) is 4.03. The van der Waals surface area contributed by atoms with Gasteiger partial charge in [0.25, 0.3) is 5.91 Å². The van der Waals surface area contributed by atoms with Gasteiger partial charge in [0.2, 0.25) is 0 Å². The van der Waals surface area contributed by atoms with Gasteiger partial charge < -0.3 is 10.6 Å². The molecule has 23 heavy (non-hydrogen) atoms. The predicted molar refractivity (Wildman–Crippen MR) is 95.5 cm³/mol. The Hall–Kier alpha value is -1.14. The molecule has 1 aliphatic heterocycles. The van der Waals surface area contributed by atoms with E-state index in [1.807, 2.05) is 6.07 Å². The van der Waals surface area contributed by atoms with Gasteiger partial charge in [0, 0.05) is 22.0 Å². The molecule has 0 aliphatic carbocycles. The number of thiazole rings is 1. The molecule has 3 rings (SSSR count). The van der Waals surface area contributed by atoms with E-state index in [-0.39, 0.29) is 11.9 Å². The van der Waals surface area contributed by atoms with Gasteiger partial charge in [-0.15, -0.1) is 11.3 Å². The Morgan fingerprint density at radius 3 is 3.00 bits per heavy atom. The quantitative estimate of drug-likeness (QED) is 0.863. The Morgan fingerprint density at radius 2 is 2.26 bits per heavy atom. The molecule has 2 aromatic rings. The number of halogens is 2. The normalized spacial score (nSPS) is 21.2. The van der Waals surface area contributed by atoms with E-state index < -0.39 is 0 Å². The number of nitrogens with zero attached hydrogens (tertiary/aromatic N) is 1. The van der Waals surface area contributed by atoms with Crippen LogP contribution in [0.3, 0.4) is 0 Å². The maximum Gasteiger partial charge on any atom is 0.271 e. The molecule has 2 unspecified atom stereocenters. The van der Waals surface area contributed by atoms with E-state index in [1.54, 1.807) is 17.5 Å². The van der Waals surface area contributed by atoms with Crippen molar-refractivity contribution >= 4 is 40.4 Å². The summed E-state index contributed by atoms with van der Waals surface area (Å²) in [4.78, 5) is 16.8. The highest BCUT2D eigenvalue weighted by atomic mass is 35.5. The number of hydrogen-bond acceptors (Lipinski definition) is 4. The van der Waals surface area contributed by atoms with Gasteiger partial charge in [-0.05, 0) is 43.6 Å². The monoisotopic (exact) mass is 369 g/mol. The number of hydrogen-bond donors (Lipinski definition) is 2. The van der Waals surface area contributed by atoms with Crippen LogP contribution in [0.15, 0.2) is 23.6 Å². The molecule has 1 saturated heterocycles. The SMILES string of the molecule is CC1CNCCC1NC(=O)c1csc(-c2ccc(Cl)cc2Cl)n1. The maximum absolute atomic E-state index is 12.4. The molecule has 2 heterocycles. The van der Waals surface area contributed by atoms with Crippen molar-refractivity contribution in [2.24, 2.45) is 5.92 Å². The Morgan fingerprint density at radius 1 is 1.43 bits per heavy atom. The number of carbonyl (C=O) groups excluding carboxylic acids is 1. The van der Waals surface area contributed by atoms with Crippen molar-refractivity contribution in [2.45, 2.75) is 19.4 Å². The molecule has 1 aromatic heterocycles. The number of benzene rings is 1. The second-order valence-electron chi connectivity index (χ2n) is 5.71. The molecule has 4 nitrogen and oxygen atoms in total. The molecule has 1 aliphatic rings. The van der Waals surface area contributed by atoms with Crippen LogP contribution < -0.4 is 10.6 Å². The first-order valence-electron chi connectivity index (χ1n) is 7.47. The highest BCUT2D eigenvalue weighted by molar-refractivity contribution is 7.13. The van der Waals surface area contributed by atoms with Gasteiger partial charge in [-0.1, -0.05) is 30.1 Å². The molecule has 1 aromatic carbocycles. The van der Waals surface area contributed by atoms with Gasteiger partial charge in [-0.2, -0.15) is 0 Å². The summed E-state index contributed by atoms with van der Waals surface area (Å²) in [6.45, 7) is 3.99. The van der Waals surface area contributed by atoms with E-state index in [0.29, 0.717) is 21.7 Å². The Bertz CT molecular complexity index is 719. The van der Waals surface area contributed by atoms with E-state index in [4.69, 9.17) is 23.2 Å². The fraction of sp³-hybridized carbons (Fsp3) is 0.375. The average molecular weight is 370 g/mol. The zero-order chi connectivity index (χ0) is 16.4. The fourth-order valence-electron chi connectivity index (χ4n) is 2.64. The molecule has 2 atom stereocenters. The Balaban J connectivity index is 1.74. The zero-order valence-corrected chi connectivity index (χ0v) is 14.9. The number of amides is 1. The second-order valence-corrected chi connectivity index (χ2v) is 7.41. The van der Waals surface area contributed by atoms with Crippen LogP contribution in [0.5, 0.6) is 0 Å². The third-order valence-electron chi connectivity index (χ3n) is 4.00. The third-order valence-corrected chi connectivity index (χ3v) is 5.42.